The Labute approximate surface area is 351 Å². The lowest BCUT2D eigenvalue weighted by Gasteiger charge is -2.26. The summed E-state index contributed by atoms with van der Waals surface area (Å²) in [5.41, 5.74) is 10.8. The molecule has 0 bridgehead atoms. The predicted molar refractivity (Wildman–Crippen MR) is 250 cm³/mol. The maximum Gasteiger partial charge on any atom is 0.238 e. The van der Waals surface area contributed by atoms with E-state index in [9.17, 15) is 0 Å². The van der Waals surface area contributed by atoms with Crippen molar-refractivity contribution in [2.24, 2.45) is 0 Å². The van der Waals surface area contributed by atoms with E-state index in [1.807, 2.05) is 60.7 Å². The molecule has 12 rings (SSSR count). The highest BCUT2D eigenvalue weighted by Crippen LogP contribution is 2.47. The second kappa shape index (κ2) is 14.2. The highest BCUT2D eigenvalue weighted by molar-refractivity contribution is 6.29. The zero-order valence-electron chi connectivity index (χ0n) is 32.9. The zero-order chi connectivity index (χ0) is 40.3. The summed E-state index contributed by atoms with van der Waals surface area (Å²) in [7, 11) is 0. The first-order valence-corrected chi connectivity index (χ1v) is 20.4. The molecule has 0 unspecified atom stereocenters. The zero-order valence-corrected chi connectivity index (χ0v) is 32.9. The van der Waals surface area contributed by atoms with Crippen molar-refractivity contribution in [2.75, 3.05) is 4.90 Å². The number of para-hydroxylation sites is 2. The van der Waals surface area contributed by atoms with Gasteiger partial charge < -0.3 is 9.32 Å². The smallest absolute Gasteiger partial charge is 0.238 e. The maximum absolute atomic E-state index is 7.23. The summed E-state index contributed by atoms with van der Waals surface area (Å²) >= 11 is 0. The molecule has 6 nitrogen and oxygen atoms in total. The first-order valence-electron chi connectivity index (χ1n) is 20.4. The number of hydrogen-bond acceptors (Lipinski definition) is 5. The monoisotopic (exact) mass is 781 g/mol. The van der Waals surface area contributed by atoms with E-state index < -0.39 is 0 Å². The first-order chi connectivity index (χ1) is 30.3. The van der Waals surface area contributed by atoms with E-state index in [-0.39, 0.29) is 0 Å². The normalized spacial score (nSPS) is 11.6. The molecule has 3 aromatic heterocycles. The third-order valence-corrected chi connectivity index (χ3v) is 11.6. The largest absolute Gasteiger partial charge is 0.455 e. The van der Waals surface area contributed by atoms with Gasteiger partial charge in [0.2, 0.25) is 5.95 Å². The minimum absolute atomic E-state index is 0.532. The highest BCUT2D eigenvalue weighted by atomic mass is 16.3. The van der Waals surface area contributed by atoms with Gasteiger partial charge in [0.05, 0.1) is 22.1 Å². The number of aromatic nitrogens is 4. The number of fused-ring (bicyclic) bond motifs is 9. The molecule has 0 fully saturated rings. The standard InChI is InChI=1S/C55H35N5O/c1-6-18-36(19-7-1)39-30-32-46-45(34-39)51-47(60(46)55-57-53(37-20-8-2-9-21-37)56-54(58-55)38-22-10-3-11-23-38)33-31-44-50-43-29-17-16-28-42(43)48(35-49(50)61-52(44)51)59(40-24-12-4-13-25-40)41-26-14-5-15-27-41/h1-35H. The summed E-state index contributed by atoms with van der Waals surface area (Å²) in [6, 6.07) is 73.7. The topological polar surface area (TPSA) is 60.0 Å². The van der Waals surface area contributed by atoms with E-state index in [0.29, 0.717) is 17.6 Å². The molecule has 0 saturated carbocycles. The van der Waals surface area contributed by atoms with Gasteiger partial charge in [-0.3, -0.25) is 4.57 Å². The molecule has 12 aromatic rings. The van der Waals surface area contributed by atoms with Crippen LogP contribution < -0.4 is 4.90 Å². The highest BCUT2D eigenvalue weighted by Gasteiger charge is 2.25. The molecule has 0 saturated heterocycles. The molecule has 0 N–H and O–H groups in total. The number of rotatable bonds is 7. The Morgan fingerprint density at radius 3 is 1.51 bits per heavy atom. The van der Waals surface area contributed by atoms with Crippen molar-refractivity contribution < 1.29 is 4.42 Å². The van der Waals surface area contributed by atoms with Crippen LogP contribution in [0, 0.1) is 0 Å². The summed E-state index contributed by atoms with van der Waals surface area (Å²) in [5.74, 6) is 1.74. The van der Waals surface area contributed by atoms with Crippen LogP contribution in [0.15, 0.2) is 217 Å². The molecule has 3 heterocycles. The average Bonchev–Trinajstić information content (AvgIpc) is 3.88. The van der Waals surface area contributed by atoms with Gasteiger partial charge in [-0.25, -0.2) is 4.98 Å². The molecular weight excluding hydrogens is 747 g/mol. The van der Waals surface area contributed by atoms with E-state index in [2.05, 4.69) is 161 Å². The maximum atomic E-state index is 7.23. The number of nitrogens with zero attached hydrogens (tertiary/aromatic N) is 5. The molecule has 9 aromatic carbocycles. The SMILES string of the molecule is c1ccc(-c2ccc3c(c2)c2c4oc5cc(N(c6ccccc6)c6ccccc6)c6ccccc6c5c4ccc2n3-c2nc(-c3ccccc3)nc(-c3ccccc3)n2)cc1. The van der Waals surface area contributed by atoms with Gasteiger partial charge in [-0.05, 0) is 65.0 Å². The van der Waals surface area contributed by atoms with Gasteiger partial charge in [0.15, 0.2) is 11.6 Å². The molecule has 6 heteroatoms. The van der Waals surface area contributed by atoms with Gasteiger partial charge >= 0.3 is 0 Å². The molecule has 0 radical (unpaired) electrons. The van der Waals surface area contributed by atoms with Gasteiger partial charge in [0, 0.05) is 50.1 Å². The van der Waals surface area contributed by atoms with Crippen molar-refractivity contribution in [1.82, 2.24) is 19.5 Å². The van der Waals surface area contributed by atoms with Gasteiger partial charge in [-0.2, -0.15) is 9.97 Å². The number of furan rings is 1. The Balaban J connectivity index is 1.18. The van der Waals surface area contributed by atoms with Crippen molar-refractivity contribution in [1.29, 1.82) is 0 Å². The molecule has 61 heavy (non-hydrogen) atoms. The fourth-order valence-electron chi connectivity index (χ4n) is 8.87. The minimum atomic E-state index is 0.532. The Kier molecular flexibility index (Phi) is 8.06. The minimum Gasteiger partial charge on any atom is -0.455 e. The van der Waals surface area contributed by atoms with Crippen molar-refractivity contribution in [2.45, 2.75) is 0 Å². The second-order valence-corrected chi connectivity index (χ2v) is 15.2. The third-order valence-electron chi connectivity index (χ3n) is 11.6. The van der Waals surface area contributed by atoms with E-state index >= 15 is 0 Å². The first kappa shape index (κ1) is 34.7. The van der Waals surface area contributed by atoms with Crippen molar-refractivity contribution in [3.63, 3.8) is 0 Å². The molecule has 0 aliphatic rings. The van der Waals surface area contributed by atoms with Crippen LogP contribution in [-0.2, 0) is 0 Å². The van der Waals surface area contributed by atoms with E-state index in [1.54, 1.807) is 0 Å². The molecule has 0 atom stereocenters. The quantitative estimate of drug-likeness (QED) is 0.161. The number of anilines is 3. The molecule has 0 aliphatic carbocycles. The van der Waals surface area contributed by atoms with Gasteiger partial charge in [0.25, 0.3) is 0 Å². The number of benzene rings is 9. The predicted octanol–water partition coefficient (Wildman–Crippen LogP) is 14.5. The summed E-state index contributed by atoms with van der Waals surface area (Å²) in [4.78, 5) is 17.7. The fraction of sp³-hybridized carbons (Fsp3) is 0. The van der Waals surface area contributed by atoms with Crippen molar-refractivity contribution >= 4 is 71.6 Å². The van der Waals surface area contributed by atoms with E-state index in [0.717, 1.165) is 93.8 Å². The fourth-order valence-corrected chi connectivity index (χ4v) is 8.87. The van der Waals surface area contributed by atoms with Gasteiger partial charge in [-0.1, -0.05) is 158 Å². The van der Waals surface area contributed by atoms with Crippen LogP contribution in [0.4, 0.5) is 17.1 Å². The van der Waals surface area contributed by atoms with Gasteiger partial charge in [0.1, 0.15) is 11.2 Å². The van der Waals surface area contributed by atoms with Crippen LogP contribution in [0.5, 0.6) is 0 Å². The molecular formula is C55H35N5O. The lowest BCUT2D eigenvalue weighted by atomic mass is 9.99. The summed E-state index contributed by atoms with van der Waals surface area (Å²) in [6.45, 7) is 0. The van der Waals surface area contributed by atoms with Crippen LogP contribution in [0.3, 0.4) is 0 Å². The second-order valence-electron chi connectivity index (χ2n) is 15.2. The summed E-state index contributed by atoms with van der Waals surface area (Å²) in [5, 5.41) is 6.42. The van der Waals surface area contributed by atoms with Gasteiger partial charge in [-0.15, -0.1) is 0 Å². The Morgan fingerprint density at radius 2 is 0.902 bits per heavy atom. The van der Waals surface area contributed by atoms with Crippen molar-refractivity contribution in [3.05, 3.63) is 212 Å². The van der Waals surface area contributed by atoms with Crippen LogP contribution in [0.1, 0.15) is 0 Å². The Morgan fingerprint density at radius 1 is 0.377 bits per heavy atom. The lowest BCUT2D eigenvalue weighted by molar-refractivity contribution is 0.673. The third kappa shape index (κ3) is 5.76. The number of hydrogen-bond donors (Lipinski definition) is 0. The molecule has 0 spiro atoms. The Bertz CT molecular complexity index is 3470. The molecule has 0 aliphatic heterocycles. The van der Waals surface area contributed by atoms with Crippen LogP contribution in [0.2, 0.25) is 0 Å². The Hall–Kier alpha value is -8.35. The van der Waals surface area contributed by atoms with Crippen LogP contribution in [-0.4, -0.2) is 19.5 Å². The van der Waals surface area contributed by atoms with E-state index in [1.165, 1.54) is 0 Å². The van der Waals surface area contributed by atoms with Crippen LogP contribution >= 0.6 is 0 Å². The molecule has 286 valence electrons. The molecule has 0 amide bonds. The summed E-state index contributed by atoms with van der Waals surface area (Å²) < 4.78 is 9.40. The van der Waals surface area contributed by atoms with E-state index in [4.69, 9.17) is 19.4 Å². The lowest BCUT2D eigenvalue weighted by Crippen LogP contribution is -2.10. The van der Waals surface area contributed by atoms with Crippen LogP contribution in [0.25, 0.3) is 94.4 Å². The summed E-state index contributed by atoms with van der Waals surface area (Å²) in [6.07, 6.45) is 0. The van der Waals surface area contributed by atoms with Crippen molar-refractivity contribution in [3.8, 4) is 39.9 Å². The average molecular weight is 782 g/mol.